The first-order valence-corrected chi connectivity index (χ1v) is 14.8. The van der Waals surface area contributed by atoms with Gasteiger partial charge in [0, 0.05) is 32.1 Å². The van der Waals surface area contributed by atoms with E-state index in [-0.39, 0.29) is 28.2 Å². The zero-order chi connectivity index (χ0) is 28.7. The number of aryl methyl sites for hydroxylation is 1. The molecule has 2 fully saturated rings. The molecule has 1 atom stereocenters. The lowest BCUT2D eigenvalue weighted by Crippen LogP contribution is -2.60. The Morgan fingerprint density at radius 2 is 1.67 bits per heavy atom. The summed E-state index contributed by atoms with van der Waals surface area (Å²) in [6.07, 6.45) is 1.90. The molecule has 1 N–H and O–H groups in total. The number of piperidine rings is 1. The minimum Gasteiger partial charge on any atom is -0.341 e. The summed E-state index contributed by atoms with van der Waals surface area (Å²) >= 11 is 0. The van der Waals surface area contributed by atoms with Gasteiger partial charge in [-0.15, -0.1) is 0 Å². The number of nitrogens with zero attached hydrogens (tertiary/aromatic N) is 3. The van der Waals surface area contributed by atoms with Gasteiger partial charge in [-0.25, -0.2) is 12.8 Å². The molecule has 0 saturated carbocycles. The van der Waals surface area contributed by atoms with Gasteiger partial charge in [0.15, 0.2) is 9.84 Å². The normalized spacial score (nSPS) is 18.1. The molecular weight excluding hydrogens is 523 g/mol. The number of likely N-dealkylation sites (tertiary alicyclic amines) is 1. The molecule has 3 amide bonds. The maximum Gasteiger partial charge on any atom is 0.254 e. The molecule has 2 aromatic carbocycles. The van der Waals surface area contributed by atoms with Gasteiger partial charge in [-0.3, -0.25) is 14.4 Å². The van der Waals surface area contributed by atoms with Gasteiger partial charge < -0.3 is 20.0 Å². The number of halogens is 1. The number of hydrogen-bond donors (Lipinski definition) is 1. The second-order valence-electron chi connectivity index (χ2n) is 10.9. The van der Waals surface area contributed by atoms with Gasteiger partial charge in [0.05, 0.1) is 17.1 Å². The number of likely N-dealkylation sites (N-methyl/N-ethyl adjacent to an activating group) is 1. The van der Waals surface area contributed by atoms with Crippen molar-refractivity contribution in [1.29, 1.82) is 0 Å². The van der Waals surface area contributed by atoms with Crippen molar-refractivity contribution in [2.24, 2.45) is 5.92 Å². The fraction of sp³-hybridized carbons (Fsp3) is 0.464. The van der Waals surface area contributed by atoms with Crippen LogP contribution in [0, 0.1) is 18.7 Å². The standard InChI is InChI=1S/C28H35FN4O5S/c1-18(2)24(30-25(34)22-16-19(3)6-11-23(22)29)26(35)32-14-12-28(13-15-32)27(36)31(4)17-33(28)20-7-9-21(10-8-20)39(5,37)38/h6-11,16,18,24H,12-15,17H2,1-5H3,(H,30,34)/t24-/m1/s1. The zero-order valence-corrected chi connectivity index (χ0v) is 23.7. The highest BCUT2D eigenvalue weighted by Crippen LogP contribution is 2.39. The summed E-state index contributed by atoms with van der Waals surface area (Å²) in [7, 11) is -1.63. The quantitative estimate of drug-likeness (QED) is 0.584. The largest absolute Gasteiger partial charge is 0.341 e. The van der Waals surface area contributed by atoms with Gasteiger partial charge >= 0.3 is 0 Å². The lowest BCUT2D eigenvalue weighted by molar-refractivity contribution is -0.139. The van der Waals surface area contributed by atoms with Crippen LogP contribution in [0.2, 0.25) is 0 Å². The van der Waals surface area contributed by atoms with Crippen LogP contribution in [0.15, 0.2) is 47.4 Å². The Hall–Kier alpha value is -3.47. The monoisotopic (exact) mass is 558 g/mol. The number of carbonyl (C=O) groups is 3. The molecule has 2 aliphatic rings. The van der Waals surface area contributed by atoms with Crippen molar-refractivity contribution >= 4 is 33.2 Å². The molecule has 9 nitrogen and oxygen atoms in total. The zero-order valence-electron chi connectivity index (χ0n) is 22.9. The Morgan fingerprint density at radius 3 is 2.23 bits per heavy atom. The molecule has 39 heavy (non-hydrogen) atoms. The Labute approximate surface area is 228 Å². The Balaban J connectivity index is 1.51. The third kappa shape index (κ3) is 5.50. The Kier molecular flexibility index (Phi) is 7.75. The number of anilines is 1. The second kappa shape index (κ2) is 10.6. The van der Waals surface area contributed by atoms with Crippen molar-refractivity contribution < 1.29 is 27.2 Å². The summed E-state index contributed by atoms with van der Waals surface area (Å²) < 4.78 is 38.1. The molecular formula is C28H35FN4O5S. The van der Waals surface area contributed by atoms with E-state index >= 15 is 0 Å². The van der Waals surface area contributed by atoms with Crippen molar-refractivity contribution in [3.05, 3.63) is 59.4 Å². The van der Waals surface area contributed by atoms with Crippen molar-refractivity contribution in [2.75, 3.05) is 38.0 Å². The molecule has 0 bridgehead atoms. The van der Waals surface area contributed by atoms with Crippen LogP contribution in [-0.4, -0.2) is 80.6 Å². The molecule has 2 aliphatic heterocycles. The molecule has 210 valence electrons. The molecule has 1 spiro atoms. The third-order valence-electron chi connectivity index (χ3n) is 7.68. The Morgan fingerprint density at radius 1 is 1.05 bits per heavy atom. The highest BCUT2D eigenvalue weighted by atomic mass is 32.2. The molecule has 0 aromatic heterocycles. The average molecular weight is 559 g/mol. The minimum atomic E-state index is -3.35. The van der Waals surface area contributed by atoms with Crippen molar-refractivity contribution in [3.8, 4) is 0 Å². The summed E-state index contributed by atoms with van der Waals surface area (Å²) in [5, 5.41) is 2.72. The maximum absolute atomic E-state index is 14.3. The third-order valence-corrected chi connectivity index (χ3v) is 8.81. The number of amides is 3. The van der Waals surface area contributed by atoms with Crippen LogP contribution in [0.5, 0.6) is 0 Å². The van der Waals surface area contributed by atoms with Crippen molar-refractivity contribution in [1.82, 2.24) is 15.1 Å². The predicted octanol–water partition coefficient (Wildman–Crippen LogP) is 2.59. The van der Waals surface area contributed by atoms with Crippen LogP contribution in [0.25, 0.3) is 0 Å². The average Bonchev–Trinajstić information content (AvgIpc) is 3.13. The molecule has 2 heterocycles. The number of hydrogen-bond acceptors (Lipinski definition) is 6. The fourth-order valence-corrected chi connectivity index (χ4v) is 6.04. The van der Waals surface area contributed by atoms with Gasteiger partial charge in [0.1, 0.15) is 17.4 Å². The van der Waals surface area contributed by atoms with Gasteiger partial charge in [-0.1, -0.05) is 25.5 Å². The van der Waals surface area contributed by atoms with Crippen LogP contribution in [0.1, 0.15) is 42.6 Å². The lowest BCUT2D eigenvalue weighted by Gasteiger charge is -2.44. The summed E-state index contributed by atoms with van der Waals surface area (Å²) in [4.78, 5) is 45.2. The van der Waals surface area contributed by atoms with Crippen LogP contribution < -0.4 is 10.2 Å². The van der Waals surface area contributed by atoms with Gasteiger partial charge in [0.2, 0.25) is 11.8 Å². The fourth-order valence-electron chi connectivity index (χ4n) is 5.41. The SMILES string of the molecule is Cc1ccc(F)c(C(=O)N[C@@H](C(=O)N2CCC3(CC2)C(=O)N(C)CN3c2ccc(S(C)(=O)=O)cc2)C(C)C)c1. The van der Waals surface area contributed by atoms with E-state index in [0.29, 0.717) is 32.6 Å². The molecule has 4 rings (SSSR count). The number of sulfone groups is 1. The molecule has 2 saturated heterocycles. The Bertz CT molecular complexity index is 1390. The number of nitrogens with one attached hydrogen (secondary N) is 1. The molecule has 0 radical (unpaired) electrons. The van der Waals surface area contributed by atoms with Crippen LogP contribution in [0.4, 0.5) is 10.1 Å². The van der Waals surface area contributed by atoms with E-state index in [1.807, 2.05) is 18.7 Å². The summed E-state index contributed by atoms with van der Waals surface area (Å²) in [6.45, 7) is 6.34. The van der Waals surface area contributed by atoms with E-state index < -0.39 is 33.1 Å². The first kappa shape index (κ1) is 28.5. The maximum atomic E-state index is 14.3. The van der Waals surface area contributed by atoms with Crippen LogP contribution in [0.3, 0.4) is 0 Å². The topological polar surface area (TPSA) is 107 Å². The van der Waals surface area contributed by atoms with Crippen LogP contribution >= 0.6 is 0 Å². The van der Waals surface area contributed by atoms with E-state index in [1.165, 1.54) is 24.3 Å². The molecule has 2 aromatic rings. The van der Waals surface area contributed by atoms with E-state index in [9.17, 15) is 27.2 Å². The van der Waals surface area contributed by atoms with Gasteiger partial charge in [-0.2, -0.15) is 0 Å². The number of rotatable bonds is 6. The molecule has 11 heteroatoms. The summed E-state index contributed by atoms with van der Waals surface area (Å²) in [6, 6.07) is 9.89. The second-order valence-corrected chi connectivity index (χ2v) is 12.9. The number of benzene rings is 2. The predicted molar refractivity (Wildman–Crippen MR) is 145 cm³/mol. The lowest BCUT2D eigenvalue weighted by atomic mass is 9.85. The number of carbonyl (C=O) groups excluding carboxylic acids is 3. The van der Waals surface area contributed by atoms with E-state index in [4.69, 9.17) is 0 Å². The molecule has 0 aliphatic carbocycles. The van der Waals surface area contributed by atoms with Crippen molar-refractivity contribution in [2.45, 2.75) is 50.1 Å². The van der Waals surface area contributed by atoms with E-state index in [2.05, 4.69) is 5.32 Å². The summed E-state index contributed by atoms with van der Waals surface area (Å²) in [5.74, 6) is -1.86. The highest BCUT2D eigenvalue weighted by Gasteiger charge is 2.53. The first-order valence-electron chi connectivity index (χ1n) is 12.9. The molecule has 0 unspecified atom stereocenters. The van der Waals surface area contributed by atoms with Crippen LogP contribution in [-0.2, 0) is 19.4 Å². The summed E-state index contributed by atoms with van der Waals surface area (Å²) in [5.41, 5.74) is 0.493. The first-order chi connectivity index (χ1) is 18.2. The highest BCUT2D eigenvalue weighted by molar-refractivity contribution is 7.90. The van der Waals surface area contributed by atoms with E-state index in [0.717, 1.165) is 17.5 Å². The minimum absolute atomic E-state index is 0.0505. The van der Waals surface area contributed by atoms with Gasteiger partial charge in [0.25, 0.3) is 5.91 Å². The van der Waals surface area contributed by atoms with Gasteiger partial charge in [-0.05, 0) is 62.1 Å². The van der Waals surface area contributed by atoms with E-state index in [1.54, 1.807) is 42.0 Å². The smallest absolute Gasteiger partial charge is 0.254 e. The van der Waals surface area contributed by atoms with Crippen molar-refractivity contribution in [3.63, 3.8) is 0 Å².